The van der Waals surface area contributed by atoms with Gasteiger partial charge in [0.2, 0.25) is 11.1 Å². The zero-order valence-electron chi connectivity index (χ0n) is 12.3. The summed E-state index contributed by atoms with van der Waals surface area (Å²) in [4.78, 5) is 26.9. The Labute approximate surface area is 131 Å². The summed E-state index contributed by atoms with van der Waals surface area (Å²) in [5.41, 5.74) is 2.08. The van der Waals surface area contributed by atoms with Gasteiger partial charge in [-0.05, 0) is 13.8 Å². The second-order valence-corrected chi connectivity index (χ2v) is 5.33. The number of aryl methyl sites for hydroxylation is 1. The molecule has 2 rings (SSSR count). The molecule has 0 aliphatic rings. The number of nitrogens with zero attached hydrogens (tertiary/aromatic N) is 2. The molecule has 1 aromatic carbocycles. The second-order valence-electron chi connectivity index (χ2n) is 4.39. The standard InChI is InChI=1S/C14H16N4O3S/c1-3-21-14(20)15-11(19)8-22-13-16-12(17-18-13)10-6-4-9(2)5-7-10/h4-7H,3,8H2,1-2H3,(H,15,19,20)(H,16,17,18). The average Bonchev–Trinajstić information content (AvgIpc) is 2.95. The van der Waals surface area contributed by atoms with Gasteiger partial charge in [-0.2, -0.15) is 0 Å². The van der Waals surface area contributed by atoms with Gasteiger partial charge in [0.25, 0.3) is 0 Å². The fraction of sp³-hybridized carbons (Fsp3) is 0.286. The van der Waals surface area contributed by atoms with Gasteiger partial charge in [0.15, 0.2) is 5.82 Å². The quantitative estimate of drug-likeness (QED) is 0.819. The first kappa shape index (κ1) is 16.0. The summed E-state index contributed by atoms with van der Waals surface area (Å²) in [6.07, 6.45) is -0.747. The number of nitrogens with one attached hydrogen (secondary N) is 2. The number of rotatable bonds is 5. The molecule has 0 saturated heterocycles. The third-order valence-corrected chi connectivity index (χ3v) is 3.49. The highest BCUT2D eigenvalue weighted by Crippen LogP contribution is 2.19. The monoisotopic (exact) mass is 320 g/mol. The van der Waals surface area contributed by atoms with Crippen LogP contribution in [0.3, 0.4) is 0 Å². The molecule has 0 aliphatic heterocycles. The number of imide groups is 1. The SMILES string of the molecule is CCOC(=O)NC(=O)CSc1n[nH]c(-c2ccc(C)cc2)n1. The molecule has 2 amide bonds. The highest BCUT2D eigenvalue weighted by molar-refractivity contribution is 7.99. The van der Waals surface area contributed by atoms with E-state index in [2.05, 4.69) is 25.2 Å². The Morgan fingerprint density at radius 1 is 1.32 bits per heavy atom. The van der Waals surface area contributed by atoms with Crippen molar-refractivity contribution in [3.63, 3.8) is 0 Å². The molecule has 22 heavy (non-hydrogen) atoms. The number of ether oxygens (including phenoxy) is 1. The Morgan fingerprint density at radius 2 is 2.05 bits per heavy atom. The van der Waals surface area contributed by atoms with Gasteiger partial charge in [0.05, 0.1) is 12.4 Å². The van der Waals surface area contributed by atoms with Gasteiger partial charge in [-0.25, -0.2) is 9.78 Å². The van der Waals surface area contributed by atoms with Gasteiger partial charge in [-0.1, -0.05) is 41.6 Å². The van der Waals surface area contributed by atoms with Crippen LogP contribution >= 0.6 is 11.8 Å². The van der Waals surface area contributed by atoms with Crippen LogP contribution in [0, 0.1) is 6.92 Å². The molecule has 0 saturated carbocycles. The summed E-state index contributed by atoms with van der Waals surface area (Å²) in [5, 5.41) is 9.40. The molecule has 0 fully saturated rings. The fourth-order valence-corrected chi connectivity index (χ4v) is 2.20. The number of amides is 2. The van der Waals surface area contributed by atoms with Crippen molar-refractivity contribution in [1.29, 1.82) is 0 Å². The minimum atomic E-state index is -0.747. The molecule has 1 heterocycles. The predicted octanol–water partition coefficient (Wildman–Crippen LogP) is 2.14. The van der Waals surface area contributed by atoms with E-state index in [1.165, 1.54) is 0 Å². The highest BCUT2D eigenvalue weighted by atomic mass is 32.2. The van der Waals surface area contributed by atoms with Crippen molar-refractivity contribution < 1.29 is 14.3 Å². The number of benzene rings is 1. The van der Waals surface area contributed by atoms with Gasteiger partial charge in [-0.15, -0.1) is 5.10 Å². The van der Waals surface area contributed by atoms with Crippen molar-refractivity contribution >= 4 is 23.8 Å². The molecule has 2 aromatic rings. The molecule has 8 heteroatoms. The summed E-state index contributed by atoms with van der Waals surface area (Å²) >= 11 is 1.13. The lowest BCUT2D eigenvalue weighted by molar-refractivity contribution is -0.117. The molecular formula is C14H16N4O3S. The molecule has 0 atom stereocenters. The number of hydrogen-bond donors (Lipinski definition) is 2. The Morgan fingerprint density at radius 3 is 2.73 bits per heavy atom. The molecule has 0 radical (unpaired) electrons. The van der Waals surface area contributed by atoms with Gasteiger partial charge in [-0.3, -0.25) is 15.2 Å². The smallest absolute Gasteiger partial charge is 0.413 e. The lowest BCUT2D eigenvalue weighted by Gasteiger charge is -2.02. The maximum Gasteiger partial charge on any atom is 0.413 e. The molecule has 0 spiro atoms. The van der Waals surface area contributed by atoms with Gasteiger partial charge in [0, 0.05) is 5.56 Å². The Kier molecular flexibility index (Phi) is 5.54. The van der Waals surface area contributed by atoms with Crippen LogP contribution in [0.25, 0.3) is 11.4 Å². The van der Waals surface area contributed by atoms with E-state index < -0.39 is 12.0 Å². The van der Waals surface area contributed by atoms with E-state index in [1.54, 1.807) is 6.92 Å². The van der Waals surface area contributed by atoms with Crippen LogP contribution in [0.15, 0.2) is 29.4 Å². The zero-order chi connectivity index (χ0) is 15.9. The molecule has 0 bridgehead atoms. The van der Waals surface area contributed by atoms with E-state index in [9.17, 15) is 9.59 Å². The van der Waals surface area contributed by atoms with Crippen LogP contribution in [-0.4, -0.2) is 39.5 Å². The summed E-state index contributed by atoms with van der Waals surface area (Å²) in [6, 6.07) is 7.85. The first-order chi connectivity index (χ1) is 10.6. The number of carbonyl (C=O) groups is 2. The number of carbonyl (C=O) groups excluding carboxylic acids is 2. The third kappa shape index (κ3) is 4.59. The van der Waals surface area contributed by atoms with Crippen molar-refractivity contribution in [1.82, 2.24) is 20.5 Å². The van der Waals surface area contributed by atoms with E-state index >= 15 is 0 Å². The minimum Gasteiger partial charge on any atom is -0.450 e. The molecule has 7 nitrogen and oxygen atoms in total. The van der Waals surface area contributed by atoms with Crippen molar-refractivity contribution in [2.24, 2.45) is 0 Å². The number of hydrogen-bond acceptors (Lipinski definition) is 6. The van der Waals surface area contributed by atoms with Crippen LogP contribution in [0.5, 0.6) is 0 Å². The number of thioether (sulfide) groups is 1. The Hall–Kier alpha value is -2.35. The minimum absolute atomic E-state index is 0.0318. The number of aromatic nitrogens is 3. The van der Waals surface area contributed by atoms with Gasteiger partial charge >= 0.3 is 6.09 Å². The summed E-state index contributed by atoms with van der Waals surface area (Å²) in [6.45, 7) is 3.89. The molecule has 1 aromatic heterocycles. The van der Waals surface area contributed by atoms with Crippen molar-refractivity contribution in [2.45, 2.75) is 19.0 Å². The van der Waals surface area contributed by atoms with Gasteiger partial charge < -0.3 is 4.74 Å². The van der Waals surface area contributed by atoms with Crippen LogP contribution in [0.4, 0.5) is 4.79 Å². The number of aromatic amines is 1. The second kappa shape index (κ2) is 7.60. The summed E-state index contributed by atoms with van der Waals surface area (Å²) in [5.74, 6) is 0.211. The summed E-state index contributed by atoms with van der Waals surface area (Å²) < 4.78 is 4.62. The van der Waals surface area contributed by atoms with Crippen LogP contribution in [0.1, 0.15) is 12.5 Å². The molecule has 116 valence electrons. The lowest BCUT2D eigenvalue weighted by atomic mass is 10.1. The lowest BCUT2D eigenvalue weighted by Crippen LogP contribution is -2.32. The number of alkyl carbamates (subject to hydrolysis) is 1. The van der Waals surface area contributed by atoms with Crippen LogP contribution in [-0.2, 0) is 9.53 Å². The maximum absolute atomic E-state index is 11.5. The zero-order valence-corrected chi connectivity index (χ0v) is 13.1. The first-order valence-electron chi connectivity index (χ1n) is 6.67. The first-order valence-corrected chi connectivity index (χ1v) is 7.66. The molecule has 0 aliphatic carbocycles. The third-order valence-electron chi connectivity index (χ3n) is 2.64. The van der Waals surface area contributed by atoms with E-state index in [4.69, 9.17) is 0 Å². The van der Waals surface area contributed by atoms with E-state index in [-0.39, 0.29) is 12.4 Å². The van der Waals surface area contributed by atoms with Crippen molar-refractivity contribution in [2.75, 3.05) is 12.4 Å². The van der Waals surface area contributed by atoms with E-state index in [1.807, 2.05) is 31.2 Å². The summed E-state index contributed by atoms with van der Waals surface area (Å²) in [7, 11) is 0. The van der Waals surface area contributed by atoms with Gasteiger partial charge in [0.1, 0.15) is 0 Å². The van der Waals surface area contributed by atoms with Crippen LogP contribution in [0.2, 0.25) is 0 Å². The largest absolute Gasteiger partial charge is 0.450 e. The normalized spacial score (nSPS) is 10.3. The van der Waals surface area contributed by atoms with Crippen molar-refractivity contribution in [3.8, 4) is 11.4 Å². The molecule has 0 unspecified atom stereocenters. The topological polar surface area (TPSA) is 97.0 Å². The highest BCUT2D eigenvalue weighted by Gasteiger charge is 2.11. The fourth-order valence-electron chi connectivity index (χ4n) is 1.60. The average molecular weight is 320 g/mol. The van der Waals surface area contributed by atoms with Crippen LogP contribution < -0.4 is 5.32 Å². The van der Waals surface area contributed by atoms with E-state index in [0.29, 0.717) is 11.0 Å². The van der Waals surface area contributed by atoms with Crippen molar-refractivity contribution in [3.05, 3.63) is 29.8 Å². The Balaban J connectivity index is 1.88. The predicted molar refractivity (Wildman–Crippen MR) is 82.4 cm³/mol. The van der Waals surface area contributed by atoms with E-state index in [0.717, 1.165) is 22.9 Å². The number of H-pyrrole nitrogens is 1. The molecule has 2 N–H and O–H groups in total. The Bertz CT molecular complexity index is 654. The molecular weight excluding hydrogens is 304 g/mol. The maximum atomic E-state index is 11.5.